The summed E-state index contributed by atoms with van der Waals surface area (Å²) in [5.41, 5.74) is 0. The van der Waals surface area contributed by atoms with E-state index >= 15 is 0 Å². The van der Waals surface area contributed by atoms with Crippen LogP contribution >= 0.6 is 0 Å². The van der Waals surface area contributed by atoms with Crippen LogP contribution in [-0.2, 0) is 9.53 Å². The van der Waals surface area contributed by atoms with Gasteiger partial charge in [-0.15, -0.1) is 0 Å². The third-order valence-corrected chi connectivity index (χ3v) is 2.23. The van der Waals surface area contributed by atoms with Crippen molar-refractivity contribution in [3.05, 3.63) is 0 Å². The number of rotatable bonds is 5. The summed E-state index contributed by atoms with van der Waals surface area (Å²) in [4.78, 5) is 11.5. The molecule has 1 atom stereocenters. The molecule has 0 aromatic rings. The number of carbonyl (C=O) groups excluding carboxylic acids is 1. The van der Waals surface area contributed by atoms with Gasteiger partial charge < -0.3 is 15.4 Å². The van der Waals surface area contributed by atoms with Gasteiger partial charge in [0.2, 0.25) is 5.91 Å². The van der Waals surface area contributed by atoms with Crippen molar-refractivity contribution in [1.29, 1.82) is 0 Å². The molecule has 0 bridgehead atoms. The Labute approximate surface area is 85.4 Å². The van der Waals surface area contributed by atoms with Gasteiger partial charge in [-0.2, -0.15) is 0 Å². The summed E-state index contributed by atoms with van der Waals surface area (Å²) in [6, 6.07) is 0.0223. The van der Waals surface area contributed by atoms with Gasteiger partial charge in [0, 0.05) is 6.54 Å². The summed E-state index contributed by atoms with van der Waals surface area (Å²) in [7, 11) is 0. The quantitative estimate of drug-likeness (QED) is 0.627. The minimum atomic E-state index is 0.0223. The monoisotopic (exact) mass is 200 g/mol. The van der Waals surface area contributed by atoms with Crippen molar-refractivity contribution >= 4 is 5.91 Å². The zero-order chi connectivity index (χ0) is 10.4. The topological polar surface area (TPSA) is 50.4 Å². The smallest absolute Gasteiger partial charge is 0.237 e. The van der Waals surface area contributed by atoms with Crippen LogP contribution in [0.2, 0.25) is 0 Å². The van der Waals surface area contributed by atoms with E-state index in [2.05, 4.69) is 10.6 Å². The fourth-order valence-corrected chi connectivity index (χ4v) is 1.50. The van der Waals surface area contributed by atoms with Gasteiger partial charge in [0.15, 0.2) is 0 Å². The molecule has 0 aliphatic carbocycles. The molecule has 0 spiro atoms. The highest BCUT2D eigenvalue weighted by Gasteiger charge is 2.20. The molecule has 0 radical (unpaired) electrons. The molecule has 1 rings (SSSR count). The normalized spacial score (nSPS) is 21.5. The Bertz CT molecular complexity index is 177. The van der Waals surface area contributed by atoms with Crippen LogP contribution in [0.15, 0.2) is 0 Å². The molecule has 1 amide bonds. The maximum absolute atomic E-state index is 11.5. The van der Waals surface area contributed by atoms with Gasteiger partial charge >= 0.3 is 0 Å². The average molecular weight is 200 g/mol. The van der Waals surface area contributed by atoms with Crippen LogP contribution in [0.5, 0.6) is 0 Å². The maximum atomic E-state index is 11.5. The van der Waals surface area contributed by atoms with Gasteiger partial charge in [0.05, 0.1) is 18.8 Å². The summed E-state index contributed by atoms with van der Waals surface area (Å²) in [5, 5.41) is 6.01. The molecule has 2 N–H and O–H groups in total. The van der Waals surface area contributed by atoms with E-state index in [1.165, 1.54) is 0 Å². The molecule has 1 aliphatic heterocycles. The lowest BCUT2D eigenvalue weighted by atomic mass is 10.2. The molecule has 1 fully saturated rings. The lowest BCUT2D eigenvalue weighted by Crippen LogP contribution is -2.41. The van der Waals surface area contributed by atoms with E-state index in [0.717, 1.165) is 19.4 Å². The Morgan fingerprint density at radius 1 is 1.64 bits per heavy atom. The predicted molar refractivity (Wildman–Crippen MR) is 55.1 cm³/mol. The second-order valence-corrected chi connectivity index (χ2v) is 3.86. The molecule has 14 heavy (non-hydrogen) atoms. The molecule has 0 unspecified atom stereocenters. The van der Waals surface area contributed by atoms with E-state index in [9.17, 15) is 4.79 Å². The molecule has 1 aliphatic rings. The van der Waals surface area contributed by atoms with Crippen LogP contribution in [0, 0.1) is 0 Å². The first kappa shape index (κ1) is 11.5. The first-order valence-electron chi connectivity index (χ1n) is 5.33. The van der Waals surface area contributed by atoms with Crippen LogP contribution in [0.25, 0.3) is 0 Å². The highest BCUT2D eigenvalue weighted by molar-refractivity contribution is 5.81. The Hall–Kier alpha value is -0.610. The Morgan fingerprint density at radius 2 is 2.43 bits per heavy atom. The molecule has 1 heterocycles. The van der Waals surface area contributed by atoms with Gasteiger partial charge in [-0.05, 0) is 33.2 Å². The Morgan fingerprint density at radius 3 is 3.00 bits per heavy atom. The lowest BCUT2D eigenvalue weighted by molar-refractivity contribution is -0.123. The van der Waals surface area contributed by atoms with E-state index in [-0.39, 0.29) is 18.1 Å². The highest BCUT2D eigenvalue weighted by atomic mass is 16.5. The average Bonchev–Trinajstić information content (AvgIpc) is 2.64. The Kier molecular flexibility index (Phi) is 4.90. The molecule has 1 saturated heterocycles. The van der Waals surface area contributed by atoms with E-state index in [1.54, 1.807) is 0 Å². The summed E-state index contributed by atoms with van der Waals surface area (Å²) < 4.78 is 5.32. The fraction of sp³-hybridized carbons (Fsp3) is 0.900. The van der Waals surface area contributed by atoms with Crippen LogP contribution < -0.4 is 10.6 Å². The largest absolute Gasteiger partial charge is 0.377 e. The third kappa shape index (κ3) is 4.07. The van der Waals surface area contributed by atoms with Crippen molar-refractivity contribution in [2.45, 2.75) is 38.8 Å². The summed E-state index contributed by atoms with van der Waals surface area (Å²) in [6.45, 7) is 6.13. The van der Waals surface area contributed by atoms with E-state index < -0.39 is 0 Å². The predicted octanol–water partition coefficient (Wildman–Crippen LogP) is 0.280. The van der Waals surface area contributed by atoms with Crippen LogP contribution in [0.3, 0.4) is 0 Å². The zero-order valence-electron chi connectivity index (χ0n) is 9.01. The van der Waals surface area contributed by atoms with Crippen LogP contribution in [-0.4, -0.2) is 37.7 Å². The van der Waals surface area contributed by atoms with Crippen molar-refractivity contribution in [2.24, 2.45) is 0 Å². The number of hydrogen-bond donors (Lipinski definition) is 2. The number of amides is 1. The molecule has 0 aromatic carbocycles. The lowest BCUT2D eigenvalue weighted by Gasteiger charge is -2.12. The first-order valence-corrected chi connectivity index (χ1v) is 5.33. The van der Waals surface area contributed by atoms with Crippen LogP contribution in [0.1, 0.15) is 26.7 Å². The maximum Gasteiger partial charge on any atom is 0.237 e. The highest BCUT2D eigenvalue weighted by Crippen LogP contribution is 2.03. The van der Waals surface area contributed by atoms with Crippen molar-refractivity contribution < 1.29 is 9.53 Å². The van der Waals surface area contributed by atoms with Gasteiger partial charge in [-0.1, -0.05) is 0 Å². The van der Waals surface area contributed by atoms with Gasteiger partial charge in [0.1, 0.15) is 0 Å². The fourth-order valence-electron chi connectivity index (χ4n) is 1.50. The molecule has 0 aromatic heterocycles. The minimum Gasteiger partial charge on any atom is -0.377 e. The molecular weight excluding hydrogens is 180 g/mol. The molecule has 0 saturated carbocycles. The standard InChI is InChI=1S/C10H20N2O2/c1-8(2)14-7-6-12-10(13)9-4-3-5-11-9/h8-9,11H,3-7H2,1-2H3,(H,12,13)/t9-/m1/s1. The second kappa shape index (κ2) is 5.98. The van der Waals surface area contributed by atoms with E-state index in [1.807, 2.05) is 13.8 Å². The molecule has 82 valence electrons. The Balaban J connectivity index is 2.03. The van der Waals surface area contributed by atoms with Gasteiger partial charge in [-0.3, -0.25) is 4.79 Å². The van der Waals surface area contributed by atoms with Crippen molar-refractivity contribution in [2.75, 3.05) is 19.7 Å². The summed E-state index contributed by atoms with van der Waals surface area (Å²) >= 11 is 0. The number of hydrogen-bond acceptors (Lipinski definition) is 3. The van der Waals surface area contributed by atoms with E-state index in [4.69, 9.17) is 4.74 Å². The summed E-state index contributed by atoms with van der Waals surface area (Å²) in [5.74, 6) is 0.106. The number of ether oxygens (including phenoxy) is 1. The van der Waals surface area contributed by atoms with Crippen molar-refractivity contribution in [3.8, 4) is 0 Å². The van der Waals surface area contributed by atoms with E-state index in [0.29, 0.717) is 13.2 Å². The molecule has 4 nitrogen and oxygen atoms in total. The number of nitrogens with one attached hydrogen (secondary N) is 2. The second-order valence-electron chi connectivity index (χ2n) is 3.86. The van der Waals surface area contributed by atoms with Gasteiger partial charge in [-0.25, -0.2) is 0 Å². The molecule has 4 heteroatoms. The molecular formula is C10H20N2O2. The summed E-state index contributed by atoms with van der Waals surface area (Å²) in [6.07, 6.45) is 2.29. The SMILES string of the molecule is CC(C)OCCNC(=O)[C@H]1CCCN1. The first-order chi connectivity index (χ1) is 6.70. The van der Waals surface area contributed by atoms with Gasteiger partial charge in [0.25, 0.3) is 0 Å². The minimum absolute atomic E-state index is 0.0223. The zero-order valence-corrected chi connectivity index (χ0v) is 9.01. The van der Waals surface area contributed by atoms with Crippen molar-refractivity contribution in [3.63, 3.8) is 0 Å². The third-order valence-electron chi connectivity index (χ3n) is 2.23. The number of carbonyl (C=O) groups is 1. The van der Waals surface area contributed by atoms with Crippen LogP contribution in [0.4, 0.5) is 0 Å². The van der Waals surface area contributed by atoms with Crippen molar-refractivity contribution in [1.82, 2.24) is 10.6 Å².